The van der Waals surface area contributed by atoms with E-state index in [1.165, 1.54) is 11.1 Å². The Morgan fingerprint density at radius 2 is 1.59 bits per heavy atom. The lowest BCUT2D eigenvalue weighted by Crippen LogP contribution is -2.54. The molecule has 0 spiro atoms. The Labute approximate surface area is 332 Å². The van der Waals surface area contributed by atoms with Crippen molar-refractivity contribution in [2.24, 2.45) is 0 Å². The van der Waals surface area contributed by atoms with Gasteiger partial charge in [0.25, 0.3) is 17.7 Å². The van der Waals surface area contributed by atoms with Crippen LogP contribution < -0.4 is 30.7 Å². The summed E-state index contributed by atoms with van der Waals surface area (Å²) < 4.78 is 0. The molecule has 1 unspecified atom stereocenters. The number of carbonyl (C=O) groups is 5. The summed E-state index contributed by atoms with van der Waals surface area (Å²) >= 11 is 12.8. The van der Waals surface area contributed by atoms with Crippen molar-refractivity contribution in [1.82, 2.24) is 25.1 Å². The number of piperazine rings is 1. The molecule has 2 fully saturated rings. The summed E-state index contributed by atoms with van der Waals surface area (Å²) in [5, 5.41) is 9.58. The van der Waals surface area contributed by atoms with E-state index in [4.69, 9.17) is 23.2 Å². The maximum atomic E-state index is 13.4. The molecule has 15 nitrogen and oxygen atoms in total. The first-order chi connectivity index (χ1) is 27.1. The number of aromatic nitrogens is 2. The number of nitrogens with zero attached hydrogens (tertiary/aromatic N) is 7. The minimum atomic E-state index is -0.997. The molecular weight excluding hydrogens is 759 g/mol. The Morgan fingerprint density at radius 3 is 2.32 bits per heavy atom. The lowest BCUT2D eigenvalue weighted by atomic mass is 10.0. The minimum Gasteiger partial charge on any atom is -0.384 e. The standard InChI is InChI=1S/C39H38Cl2N10O5/c1-47-22-50(33-27(40)6-3-7-28(33)41)36(54)26-21-43-39(46-34(26)47)44-23-9-11-24(12-10-23)49-19-17-48(18-20-49)16-4-15-42-29-8-2-5-25-32(29)38(56)51(37(25)55)30-13-14-31(52)45-35(30)53/h2-3,5-12,21,30,42H,4,13-20,22H2,1H3,(H,43,44,46)(H,45,52,53). The molecule has 0 radical (unpaired) electrons. The second kappa shape index (κ2) is 15.4. The van der Waals surface area contributed by atoms with Crippen molar-refractivity contribution < 1.29 is 24.0 Å². The number of rotatable bonds is 10. The maximum absolute atomic E-state index is 13.4. The molecule has 56 heavy (non-hydrogen) atoms. The third-order valence-corrected chi connectivity index (χ3v) is 11.1. The van der Waals surface area contributed by atoms with E-state index in [1.54, 1.807) is 36.4 Å². The zero-order valence-corrected chi connectivity index (χ0v) is 31.9. The highest BCUT2D eigenvalue weighted by Gasteiger charge is 2.45. The number of anilines is 6. The fraction of sp³-hybridized carbons (Fsp3) is 0.308. The van der Waals surface area contributed by atoms with Gasteiger partial charge in [-0.3, -0.25) is 44.0 Å². The molecule has 1 atom stereocenters. The van der Waals surface area contributed by atoms with E-state index in [0.29, 0.717) is 45.3 Å². The van der Waals surface area contributed by atoms with E-state index in [0.717, 1.165) is 55.4 Å². The topological polar surface area (TPSA) is 163 Å². The number of benzene rings is 3. The largest absolute Gasteiger partial charge is 0.384 e. The van der Waals surface area contributed by atoms with Gasteiger partial charge in [-0.1, -0.05) is 35.3 Å². The first-order valence-electron chi connectivity index (χ1n) is 18.3. The van der Waals surface area contributed by atoms with Gasteiger partial charge in [-0.05, 0) is 67.9 Å². The number of amides is 5. The normalized spacial score (nSPS) is 18.6. The van der Waals surface area contributed by atoms with E-state index in [1.807, 2.05) is 24.1 Å². The van der Waals surface area contributed by atoms with Crippen LogP contribution in [0.1, 0.15) is 50.3 Å². The van der Waals surface area contributed by atoms with Crippen LogP contribution in [0.3, 0.4) is 0 Å². The molecule has 3 N–H and O–H groups in total. The zero-order chi connectivity index (χ0) is 39.1. The van der Waals surface area contributed by atoms with Gasteiger partial charge < -0.3 is 20.4 Å². The molecule has 4 aliphatic heterocycles. The van der Waals surface area contributed by atoms with Gasteiger partial charge in [-0.25, -0.2) is 4.98 Å². The SMILES string of the molecule is CN1CN(c2c(Cl)cccc2Cl)C(=O)c2cnc(Nc3ccc(N4CCN(CCCNc5cccc6c5C(=O)N(C5CCC(=O)NC5=O)C6=O)CC4)cc3)nc21. The van der Waals surface area contributed by atoms with E-state index in [2.05, 4.69) is 47.9 Å². The molecule has 8 rings (SSSR count). The lowest BCUT2D eigenvalue weighted by molar-refractivity contribution is -0.136. The molecule has 2 saturated heterocycles. The molecule has 0 saturated carbocycles. The van der Waals surface area contributed by atoms with Gasteiger partial charge >= 0.3 is 0 Å². The predicted octanol–water partition coefficient (Wildman–Crippen LogP) is 4.61. The molecule has 0 bridgehead atoms. The van der Waals surface area contributed by atoms with E-state index in [-0.39, 0.29) is 36.5 Å². The molecule has 0 aliphatic carbocycles. The van der Waals surface area contributed by atoms with Gasteiger partial charge in [0.15, 0.2) is 0 Å². The summed E-state index contributed by atoms with van der Waals surface area (Å²) in [6.45, 7) is 5.20. The molecule has 4 aromatic rings. The maximum Gasteiger partial charge on any atom is 0.265 e. The second-order valence-corrected chi connectivity index (χ2v) is 14.8. The van der Waals surface area contributed by atoms with Crippen LogP contribution in [0.5, 0.6) is 0 Å². The number of hydrogen-bond donors (Lipinski definition) is 3. The van der Waals surface area contributed by atoms with Crippen LogP contribution in [0.4, 0.5) is 34.5 Å². The van der Waals surface area contributed by atoms with E-state index >= 15 is 0 Å². The Hall–Kier alpha value is -5.77. The van der Waals surface area contributed by atoms with Crippen molar-refractivity contribution in [3.05, 3.63) is 93.6 Å². The number of imide groups is 2. The Kier molecular flexibility index (Phi) is 10.2. The summed E-state index contributed by atoms with van der Waals surface area (Å²) in [4.78, 5) is 82.1. The molecular formula is C39H38Cl2N10O5. The lowest BCUT2D eigenvalue weighted by Gasteiger charge is -2.36. The number of fused-ring (bicyclic) bond motifs is 2. The van der Waals surface area contributed by atoms with Gasteiger partial charge in [0.1, 0.15) is 17.4 Å². The number of carbonyl (C=O) groups excluding carboxylic acids is 5. The summed E-state index contributed by atoms with van der Waals surface area (Å²) in [5.74, 6) is -1.47. The first-order valence-corrected chi connectivity index (χ1v) is 19.1. The number of para-hydroxylation sites is 1. The van der Waals surface area contributed by atoms with Crippen LogP contribution in [-0.4, -0.2) is 108 Å². The number of piperidine rings is 1. The van der Waals surface area contributed by atoms with Gasteiger partial charge in [0.2, 0.25) is 17.8 Å². The van der Waals surface area contributed by atoms with Crippen LogP contribution in [0.15, 0.2) is 66.9 Å². The molecule has 5 heterocycles. The van der Waals surface area contributed by atoms with Crippen molar-refractivity contribution in [3.63, 3.8) is 0 Å². The predicted molar refractivity (Wildman–Crippen MR) is 213 cm³/mol. The smallest absolute Gasteiger partial charge is 0.265 e. The van der Waals surface area contributed by atoms with Crippen LogP contribution in [0, 0.1) is 0 Å². The van der Waals surface area contributed by atoms with Crippen molar-refractivity contribution >= 4 is 87.3 Å². The van der Waals surface area contributed by atoms with Gasteiger partial charge in [-0.2, -0.15) is 4.98 Å². The van der Waals surface area contributed by atoms with Crippen LogP contribution in [0.25, 0.3) is 0 Å². The monoisotopic (exact) mass is 796 g/mol. The Balaban J connectivity index is 0.810. The third-order valence-electron chi connectivity index (χ3n) is 10.5. The van der Waals surface area contributed by atoms with Crippen LogP contribution in [-0.2, 0) is 9.59 Å². The quantitative estimate of drug-likeness (QED) is 0.151. The molecule has 17 heteroatoms. The number of nitrogens with one attached hydrogen (secondary N) is 3. The zero-order valence-electron chi connectivity index (χ0n) is 30.4. The van der Waals surface area contributed by atoms with Crippen molar-refractivity contribution in [1.29, 1.82) is 0 Å². The highest BCUT2D eigenvalue weighted by molar-refractivity contribution is 6.40. The molecule has 4 aliphatic rings. The van der Waals surface area contributed by atoms with E-state index in [9.17, 15) is 24.0 Å². The van der Waals surface area contributed by atoms with E-state index < -0.39 is 29.7 Å². The summed E-state index contributed by atoms with van der Waals surface area (Å²) in [5.41, 5.74) is 3.80. The van der Waals surface area contributed by atoms with Gasteiger partial charge in [0, 0.05) is 69.5 Å². The molecule has 5 amide bonds. The van der Waals surface area contributed by atoms with Gasteiger partial charge in [0.05, 0.1) is 33.5 Å². The van der Waals surface area contributed by atoms with Crippen molar-refractivity contribution in [3.8, 4) is 0 Å². The summed E-state index contributed by atoms with van der Waals surface area (Å²) in [6, 6.07) is 17.3. The Morgan fingerprint density at radius 1 is 0.857 bits per heavy atom. The molecule has 1 aromatic heterocycles. The van der Waals surface area contributed by atoms with Crippen LogP contribution in [0.2, 0.25) is 10.0 Å². The number of halogens is 2. The molecule has 288 valence electrons. The Bertz CT molecular complexity index is 2230. The summed E-state index contributed by atoms with van der Waals surface area (Å²) in [6.07, 6.45) is 2.53. The minimum absolute atomic E-state index is 0.0766. The summed E-state index contributed by atoms with van der Waals surface area (Å²) in [7, 11) is 1.84. The highest BCUT2D eigenvalue weighted by Crippen LogP contribution is 2.38. The fourth-order valence-corrected chi connectivity index (χ4v) is 8.19. The average molecular weight is 798 g/mol. The van der Waals surface area contributed by atoms with Crippen molar-refractivity contribution in [2.45, 2.75) is 25.3 Å². The number of hydrogen-bond acceptors (Lipinski definition) is 12. The van der Waals surface area contributed by atoms with Crippen molar-refractivity contribution in [2.75, 3.05) is 78.3 Å². The highest BCUT2D eigenvalue weighted by atomic mass is 35.5. The second-order valence-electron chi connectivity index (χ2n) is 14.0. The van der Waals surface area contributed by atoms with Gasteiger partial charge in [-0.15, -0.1) is 0 Å². The average Bonchev–Trinajstić information content (AvgIpc) is 3.45. The first kappa shape index (κ1) is 37.2. The third kappa shape index (κ3) is 7.08. The fourth-order valence-electron chi connectivity index (χ4n) is 7.59. The molecule has 3 aromatic carbocycles. The van der Waals surface area contributed by atoms with Crippen LogP contribution >= 0.6 is 23.2 Å².